The smallest absolute Gasteiger partial charge is 0.131 e. The van der Waals surface area contributed by atoms with Crippen molar-refractivity contribution in [2.45, 2.75) is 18.8 Å². The molecule has 1 saturated carbocycles. The predicted octanol–water partition coefficient (Wildman–Crippen LogP) is 2.60. The fourth-order valence-electron chi connectivity index (χ4n) is 1.72. The Balaban J connectivity index is 1.91. The van der Waals surface area contributed by atoms with Gasteiger partial charge in [-0.15, -0.1) is 0 Å². The van der Waals surface area contributed by atoms with Crippen LogP contribution < -0.4 is 5.73 Å². The van der Waals surface area contributed by atoms with Gasteiger partial charge < -0.3 is 5.73 Å². The first-order valence-corrected chi connectivity index (χ1v) is 5.51. The lowest BCUT2D eigenvalue weighted by atomic mass is 10.1. The van der Waals surface area contributed by atoms with E-state index in [-0.39, 0.29) is 0 Å². The van der Waals surface area contributed by atoms with Crippen LogP contribution in [0.5, 0.6) is 0 Å². The van der Waals surface area contributed by atoms with Crippen molar-refractivity contribution in [3.8, 4) is 11.1 Å². The molecule has 0 bridgehead atoms. The van der Waals surface area contributed by atoms with Gasteiger partial charge in [0.2, 0.25) is 0 Å². The number of aromatic nitrogens is 2. The molecule has 1 aromatic carbocycles. The standard InChI is InChI=1S/C13H13N3/c14-12-5-3-9(4-6-12)11-7-15-13(16-8-11)10-1-2-10/h3-8,10H,1-2,14H2. The van der Waals surface area contributed by atoms with Gasteiger partial charge in [-0.1, -0.05) is 12.1 Å². The maximum atomic E-state index is 5.65. The third-order valence-electron chi connectivity index (χ3n) is 2.86. The fourth-order valence-corrected chi connectivity index (χ4v) is 1.72. The lowest BCUT2D eigenvalue weighted by Crippen LogP contribution is -1.92. The highest BCUT2D eigenvalue weighted by molar-refractivity contribution is 5.63. The Morgan fingerprint density at radius 1 is 0.938 bits per heavy atom. The molecule has 0 radical (unpaired) electrons. The molecule has 0 aliphatic heterocycles. The van der Waals surface area contributed by atoms with Crippen molar-refractivity contribution < 1.29 is 0 Å². The van der Waals surface area contributed by atoms with E-state index in [9.17, 15) is 0 Å². The number of benzene rings is 1. The molecule has 3 heteroatoms. The van der Waals surface area contributed by atoms with Gasteiger partial charge >= 0.3 is 0 Å². The molecule has 1 aliphatic rings. The molecule has 0 amide bonds. The van der Waals surface area contributed by atoms with Crippen molar-refractivity contribution >= 4 is 5.69 Å². The van der Waals surface area contributed by atoms with Crippen LogP contribution >= 0.6 is 0 Å². The first kappa shape index (κ1) is 9.33. The zero-order valence-corrected chi connectivity index (χ0v) is 8.93. The van der Waals surface area contributed by atoms with Gasteiger partial charge in [0, 0.05) is 29.6 Å². The van der Waals surface area contributed by atoms with E-state index in [0.717, 1.165) is 22.6 Å². The monoisotopic (exact) mass is 211 g/mol. The van der Waals surface area contributed by atoms with Crippen molar-refractivity contribution in [3.63, 3.8) is 0 Å². The van der Waals surface area contributed by atoms with Gasteiger partial charge in [0.15, 0.2) is 0 Å². The minimum Gasteiger partial charge on any atom is -0.399 e. The molecule has 0 saturated heterocycles. The fraction of sp³-hybridized carbons (Fsp3) is 0.231. The first-order valence-electron chi connectivity index (χ1n) is 5.51. The Morgan fingerprint density at radius 2 is 1.56 bits per heavy atom. The zero-order chi connectivity index (χ0) is 11.0. The normalized spacial score (nSPS) is 15.0. The van der Waals surface area contributed by atoms with E-state index in [2.05, 4.69) is 9.97 Å². The van der Waals surface area contributed by atoms with Gasteiger partial charge in [0.25, 0.3) is 0 Å². The highest BCUT2D eigenvalue weighted by Crippen LogP contribution is 2.37. The number of rotatable bonds is 2. The molecule has 1 fully saturated rings. The number of nitrogens with zero attached hydrogens (tertiary/aromatic N) is 2. The Kier molecular flexibility index (Phi) is 2.10. The van der Waals surface area contributed by atoms with E-state index in [1.807, 2.05) is 36.7 Å². The molecule has 80 valence electrons. The molecule has 2 aromatic rings. The Hall–Kier alpha value is -1.90. The molecule has 2 N–H and O–H groups in total. The quantitative estimate of drug-likeness (QED) is 0.777. The SMILES string of the molecule is Nc1ccc(-c2cnc(C3CC3)nc2)cc1. The summed E-state index contributed by atoms with van der Waals surface area (Å²) in [6, 6.07) is 7.77. The van der Waals surface area contributed by atoms with Gasteiger partial charge in [-0.25, -0.2) is 9.97 Å². The van der Waals surface area contributed by atoms with Crippen LogP contribution in [0.1, 0.15) is 24.6 Å². The number of anilines is 1. The minimum absolute atomic E-state index is 0.612. The molecule has 0 spiro atoms. The molecular formula is C13H13N3. The second-order valence-corrected chi connectivity index (χ2v) is 4.23. The highest BCUT2D eigenvalue weighted by atomic mass is 14.9. The number of hydrogen-bond donors (Lipinski definition) is 1. The maximum Gasteiger partial charge on any atom is 0.131 e. The van der Waals surface area contributed by atoms with Crippen molar-refractivity contribution in [2.24, 2.45) is 0 Å². The topological polar surface area (TPSA) is 51.8 Å². The molecule has 0 unspecified atom stereocenters. The highest BCUT2D eigenvalue weighted by Gasteiger charge is 2.26. The average molecular weight is 211 g/mol. The lowest BCUT2D eigenvalue weighted by molar-refractivity contribution is 0.928. The summed E-state index contributed by atoms with van der Waals surface area (Å²) < 4.78 is 0. The van der Waals surface area contributed by atoms with Crippen LogP contribution in [0.4, 0.5) is 5.69 Å². The van der Waals surface area contributed by atoms with Crippen LogP contribution in [0.25, 0.3) is 11.1 Å². The molecular weight excluding hydrogens is 198 g/mol. The van der Waals surface area contributed by atoms with Crippen LogP contribution in [0.3, 0.4) is 0 Å². The Labute approximate surface area is 94.4 Å². The minimum atomic E-state index is 0.612. The summed E-state index contributed by atoms with van der Waals surface area (Å²) in [6.07, 6.45) is 6.26. The summed E-state index contributed by atoms with van der Waals surface area (Å²) >= 11 is 0. The number of nitrogen functional groups attached to an aromatic ring is 1. The second kappa shape index (κ2) is 3.59. The third-order valence-corrected chi connectivity index (χ3v) is 2.86. The summed E-state index contributed by atoms with van der Waals surface area (Å²) in [5, 5.41) is 0. The van der Waals surface area contributed by atoms with Crippen LogP contribution in [0, 0.1) is 0 Å². The maximum absolute atomic E-state index is 5.65. The van der Waals surface area contributed by atoms with Crippen molar-refractivity contribution in [3.05, 3.63) is 42.5 Å². The van der Waals surface area contributed by atoms with Gasteiger partial charge in [-0.05, 0) is 30.5 Å². The molecule has 16 heavy (non-hydrogen) atoms. The van der Waals surface area contributed by atoms with E-state index in [0.29, 0.717) is 5.92 Å². The van der Waals surface area contributed by atoms with Crippen LogP contribution in [0.2, 0.25) is 0 Å². The molecule has 1 aliphatic carbocycles. The summed E-state index contributed by atoms with van der Waals surface area (Å²) in [5.41, 5.74) is 8.58. The van der Waals surface area contributed by atoms with Gasteiger partial charge in [0.1, 0.15) is 5.82 Å². The van der Waals surface area contributed by atoms with E-state index in [1.54, 1.807) is 0 Å². The molecule has 3 nitrogen and oxygen atoms in total. The average Bonchev–Trinajstić information content (AvgIpc) is 3.14. The molecule has 1 heterocycles. The summed E-state index contributed by atoms with van der Waals surface area (Å²) in [4.78, 5) is 8.79. The van der Waals surface area contributed by atoms with Crippen molar-refractivity contribution in [2.75, 3.05) is 5.73 Å². The first-order chi connectivity index (χ1) is 7.83. The number of hydrogen-bond acceptors (Lipinski definition) is 3. The summed E-state index contributed by atoms with van der Waals surface area (Å²) in [6.45, 7) is 0. The zero-order valence-electron chi connectivity index (χ0n) is 8.93. The van der Waals surface area contributed by atoms with Crippen molar-refractivity contribution in [1.82, 2.24) is 9.97 Å². The molecule has 0 atom stereocenters. The predicted molar refractivity (Wildman–Crippen MR) is 63.9 cm³/mol. The van der Waals surface area contributed by atoms with E-state index in [4.69, 9.17) is 5.73 Å². The van der Waals surface area contributed by atoms with E-state index in [1.165, 1.54) is 12.8 Å². The van der Waals surface area contributed by atoms with E-state index < -0.39 is 0 Å². The van der Waals surface area contributed by atoms with Crippen LogP contribution in [-0.2, 0) is 0 Å². The van der Waals surface area contributed by atoms with Gasteiger partial charge in [-0.2, -0.15) is 0 Å². The second-order valence-electron chi connectivity index (χ2n) is 4.23. The van der Waals surface area contributed by atoms with Crippen LogP contribution in [-0.4, -0.2) is 9.97 Å². The van der Waals surface area contributed by atoms with E-state index >= 15 is 0 Å². The summed E-state index contributed by atoms with van der Waals surface area (Å²) in [7, 11) is 0. The van der Waals surface area contributed by atoms with Crippen molar-refractivity contribution in [1.29, 1.82) is 0 Å². The van der Waals surface area contributed by atoms with Crippen LogP contribution in [0.15, 0.2) is 36.7 Å². The van der Waals surface area contributed by atoms with Gasteiger partial charge in [-0.3, -0.25) is 0 Å². The molecule has 1 aromatic heterocycles. The number of nitrogens with two attached hydrogens (primary N) is 1. The lowest BCUT2D eigenvalue weighted by Gasteiger charge is -2.02. The Morgan fingerprint density at radius 3 is 2.12 bits per heavy atom. The van der Waals surface area contributed by atoms with Gasteiger partial charge in [0.05, 0.1) is 0 Å². The largest absolute Gasteiger partial charge is 0.399 e. The summed E-state index contributed by atoms with van der Waals surface area (Å²) in [5.74, 6) is 1.60. The molecule has 3 rings (SSSR count). The third kappa shape index (κ3) is 1.76. The Bertz CT molecular complexity index is 484.